The summed E-state index contributed by atoms with van der Waals surface area (Å²) in [5.41, 5.74) is 1.27. The van der Waals surface area contributed by atoms with E-state index < -0.39 is 18.4 Å². The topological polar surface area (TPSA) is 53.3 Å². The van der Waals surface area contributed by atoms with Crippen LogP contribution < -0.4 is 0 Å². The maximum absolute atomic E-state index is 13.9. The van der Waals surface area contributed by atoms with Gasteiger partial charge in [-0.1, -0.05) is 20.8 Å². The molecule has 1 aliphatic carbocycles. The highest BCUT2D eigenvalue weighted by atomic mass is 19.3. The van der Waals surface area contributed by atoms with E-state index in [9.17, 15) is 13.6 Å². The number of carbonyl (C=O) groups excluding carboxylic acids is 1. The van der Waals surface area contributed by atoms with Crippen LogP contribution >= 0.6 is 0 Å². The van der Waals surface area contributed by atoms with Crippen LogP contribution in [0.15, 0.2) is 0 Å². The van der Waals surface area contributed by atoms with Gasteiger partial charge >= 0.3 is 5.97 Å². The summed E-state index contributed by atoms with van der Waals surface area (Å²) in [5.74, 6) is -3.29. The van der Waals surface area contributed by atoms with Gasteiger partial charge in [0.2, 0.25) is 0 Å². The number of ether oxygens (including phenoxy) is 2. The zero-order valence-electron chi connectivity index (χ0n) is 17.6. The molecule has 3 rings (SSSR count). The maximum Gasteiger partial charge on any atom is 0.359 e. The summed E-state index contributed by atoms with van der Waals surface area (Å²) in [5, 5.41) is 4.22. The molecule has 1 aliphatic heterocycles. The lowest BCUT2D eigenvalue weighted by Gasteiger charge is -2.39. The molecule has 1 saturated carbocycles. The molecule has 1 aromatic heterocycles. The summed E-state index contributed by atoms with van der Waals surface area (Å²) in [6, 6.07) is 0. The third-order valence-corrected chi connectivity index (χ3v) is 5.68. The van der Waals surface area contributed by atoms with Crippen molar-refractivity contribution in [3.8, 4) is 0 Å². The second kappa shape index (κ2) is 7.39. The highest BCUT2D eigenvalue weighted by Crippen LogP contribution is 2.45. The van der Waals surface area contributed by atoms with Crippen LogP contribution in [-0.2, 0) is 22.4 Å². The van der Waals surface area contributed by atoms with E-state index in [1.807, 2.05) is 0 Å². The first-order chi connectivity index (χ1) is 12.9. The Balaban J connectivity index is 1.79. The van der Waals surface area contributed by atoms with Gasteiger partial charge in [0.1, 0.15) is 6.54 Å². The zero-order chi connectivity index (χ0) is 20.7. The third-order valence-electron chi connectivity index (χ3n) is 5.68. The van der Waals surface area contributed by atoms with Crippen molar-refractivity contribution in [1.29, 1.82) is 0 Å². The molecule has 1 aromatic rings. The van der Waals surface area contributed by atoms with Crippen molar-refractivity contribution in [2.24, 2.45) is 5.41 Å². The number of carbonyl (C=O) groups is 1. The van der Waals surface area contributed by atoms with Crippen molar-refractivity contribution < 1.29 is 23.0 Å². The summed E-state index contributed by atoms with van der Waals surface area (Å²) >= 11 is 0. The Labute approximate surface area is 165 Å². The predicted octanol–water partition coefficient (Wildman–Crippen LogP) is 4.73. The van der Waals surface area contributed by atoms with E-state index in [4.69, 9.17) is 9.47 Å². The van der Waals surface area contributed by atoms with E-state index in [0.29, 0.717) is 17.9 Å². The van der Waals surface area contributed by atoms with E-state index in [1.54, 1.807) is 6.92 Å². The summed E-state index contributed by atoms with van der Waals surface area (Å²) in [7, 11) is 0. The van der Waals surface area contributed by atoms with Crippen LogP contribution in [0.3, 0.4) is 0 Å². The Morgan fingerprint density at radius 2 is 1.93 bits per heavy atom. The quantitative estimate of drug-likeness (QED) is 0.673. The fourth-order valence-corrected chi connectivity index (χ4v) is 4.18. The first kappa shape index (κ1) is 21.2. The number of rotatable bonds is 5. The highest BCUT2D eigenvalue weighted by molar-refractivity contribution is 5.89. The van der Waals surface area contributed by atoms with E-state index in [-0.39, 0.29) is 35.7 Å². The van der Waals surface area contributed by atoms with Gasteiger partial charge < -0.3 is 9.47 Å². The molecule has 0 aromatic carbocycles. The van der Waals surface area contributed by atoms with Gasteiger partial charge in [0, 0.05) is 11.3 Å². The number of aromatic nitrogens is 2. The van der Waals surface area contributed by atoms with Gasteiger partial charge in [-0.05, 0) is 50.9 Å². The standard InChI is InChI=1S/C21H32F2N2O3/c1-6-27-18(26)17-16(15-11-21(22,23)12-25(15)24-17)14-7-9-20(5,10-8-14)28-13-19(2,3)4/h14H,6-13H2,1-5H3. The Bertz CT molecular complexity index is 729. The normalized spacial score (nSPS) is 26.9. The molecule has 158 valence electrons. The van der Waals surface area contributed by atoms with Crippen LogP contribution in [0.4, 0.5) is 8.78 Å². The summed E-state index contributed by atoms with van der Waals surface area (Å²) < 4.78 is 40.5. The van der Waals surface area contributed by atoms with Crippen molar-refractivity contribution in [2.75, 3.05) is 13.2 Å². The second-order valence-electron chi connectivity index (χ2n) is 9.69. The molecule has 0 atom stereocenters. The van der Waals surface area contributed by atoms with Crippen LogP contribution in [0.1, 0.15) is 88.0 Å². The SMILES string of the molecule is CCOC(=O)c1nn2c(c1C1CCC(C)(OCC(C)(C)C)CC1)CC(F)(F)C2. The van der Waals surface area contributed by atoms with E-state index >= 15 is 0 Å². The van der Waals surface area contributed by atoms with Gasteiger partial charge in [0.05, 0.1) is 25.2 Å². The molecule has 0 N–H and O–H groups in total. The molecule has 0 spiro atoms. The van der Waals surface area contributed by atoms with Gasteiger partial charge in [-0.3, -0.25) is 4.68 Å². The first-order valence-electron chi connectivity index (χ1n) is 10.2. The van der Waals surface area contributed by atoms with Gasteiger partial charge in [-0.2, -0.15) is 5.10 Å². The lowest BCUT2D eigenvalue weighted by Crippen LogP contribution is -2.36. The molecule has 5 nitrogen and oxygen atoms in total. The van der Waals surface area contributed by atoms with Crippen LogP contribution in [0, 0.1) is 5.41 Å². The first-order valence-corrected chi connectivity index (χ1v) is 10.2. The van der Waals surface area contributed by atoms with Crippen molar-refractivity contribution in [1.82, 2.24) is 9.78 Å². The molecule has 28 heavy (non-hydrogen) atoms. The van der Waals surface area contributed by atoms with Crippen molar-refractivity contribution in [3.05, 3.63) is 17.0 Å². The van der Waals surface area contributed by atoms with E-state index in [2.05, 4.69) is 32.8 Å². The van der Waals surface area contributed by atoms with Crippen LogP contribution in [0.2, 0.25) is 0 Å². The lowest BCUT2D eigenvalue weighted by molar-refractivity contribution is -0.0849. The van der Waals surface area contributed by atoms with Gasteiger partial charge in [0.15, 0.2) is 5.69 Å². The van der Waals surface area contributed by atoms with Crippen LogP contribution in [0.5, 0.6) is 0 Å². The van der Waals surface area contributed by atoms with Gasteiger partial charge in [0.25, 0.3) is 5.92 Å². The molecule has 2 aliphatic rings. The number of halogens is 2. The maximum atomic E-state index is 13.9. The van der Waals surface area contributed by atoms with Crippen molar-refractivity contribution in [2.45, 2.75) is 90.7 Å². The van der Waals surface area contributed by atoms with Gasteiger partial charge in [-0.25, -0.2) is 13.6 Å². The number of nitrogens with zero attached hydrogens (tertiary/aromatic N) is 2. The van der Waals surface area contributed by atoms with E-state index in [0.717, 1.165) is 25.7 Å². The summed E-state index contributed by atoms with van der Waals surface area (Å²) in [6.45, 7) is 10.7. The average Bonchev–Trinajstić information content (AvgIpc) is 3.05. The summed E-state index contributed by atoms with van der Waals surface area (Å²) in [4.78, 5) is 12.4. The molecular formula is C21H32F2N2O3. The van der Waals surface area contributed by atoms with E-state index in [1.165, 1.54) is 4.68 Å². The molecule has 0 unspecified atom stereocenters. The summed E-state index contributed by atoms with van der Waals surface area (Å²) in [6.07, 6.45) is 2.88. The molecule has 2 heterocycles. The lowest BCUT2D eigenvalue weighted by atomic mass is 9.75. The molecule has 0 amide bonds. The fourth-order valence-electron chi connectivity index (χ4n) is 4.18. The Morgan fingerprint density at radius 1 is 1.29 bits per heavy atom. The van der Waals surface area contributed by atoms with Crippen LogP contribution in [0.25, 0.3) is 0 Å². The van der Waals surface area contributed by atoms with Crippen molar-refractivity contribution in [3.63, 3.8) is 0 Å². The number of alkyl halides is 2. The fraction of sp³-hybridized carbons (Fsp3) is 0.810. The molecule has 0 bridgehead atoms. The van der Waals surface area contributed by atoms with Gasteiger partial charge in [-0.15, -0.1) is 0 Å². The second-order valence-corrected chi connectivity index (χ2v) is 9.69. The molecule has 1 fully saturated rings. The Hall–Kier alpha value is -1.50. The zero-order valence-corrected chi connectivity index (χ0v) is 17.6. The van der Waals surface area contributed by atoms with Crippen LogP contribution in [-0.4, -0.2) is 40.5 Å². The Kier molecular flexibility index (Phi) is 5.60. The van der Waals surface area contributed by atoms with Crippen molar-refractivity contribution >= 4 is 5.97 Å². The largest absolute Gasteiger partial charge is 0.461 e. The number of hydrogen-bond acceptors (Lipinski definition) is 4. The third kappa shape index (κ3) is 4.56. The number of fused-ring (bicyclic) bond motifs is 1. The Morgan fingerprint density at radius 3 is 2.50 bits per heavy atom. The molecule has 0 saturated heterocycles. The number of hydrogen-bond donors (Lipinski definition) is 0. The minimum absolute atomic E-state index is 0.0309. The molecular weight excluding hydrogens is 366 g/mol. The number of esters is 1. The minimum atomic E-state index is -2.80. The smallest absolute Gasteiger partial charge is 0.359 e. The monoisotopic (exact) mass is 398 g/mol. The molecule has 0 radical (unpaired) electrons. The molecule has 7 heteroatoms. The predicted molar refractivity (Wildman–Crippen MR) is 102 cm³/mol. The highest BCUT2D eigenvalue weighted by Gasteiger charge is 2.45. The minimum Gasteiger partial charge on any atom is -0.461 e. The average molecular weight is 398 g/mol.